The molecule has 4 nitrogen and oxygen atoms in total. The number of fused-ring (bicyclic) bond motifs is 1. The van der Waals surface area contributed by atoms with E-state index in [1.165, 1.54) is 12.3 Å². The summed E-state index contributed by atoms with van der Waals surface area (Å²) < 4.78 is 43.7. The zero-order chi connectivity index (χ0) is 23.4. The van der Waals surface area contributed by atoms with Crippen LogP contribution >= 0.6 is 23.2 Å². The molecular weight excluding hydrogens is 474 g/mol. The molecule has 168 valence electrons. The quantitative estimate of drug-likeness (QED) is 0.224. The van der Waals surface area contributed by atoms with Gasteiger partial charge in [0.1, 0.15) is 12.4 Å². The van der Waals surface area contributed by atoms with Crippen LogP contribution in [0, 0.1) is 0 Å². The number of halogens is 5. The number of nitrogens with one attached hydrogen (secondary N) is 1. The van der Waals surface area contributed by atoms with Crippen molar-refractivity contribution in [2.45, 2.75) is 12.8 Å². The average molecular weight is 490 g/mol. The lowest BCUT2D eigenvalue weighted by Crippen LogP contribution is -2.05. The molecule has 0 radical (unpaired) electrons. The highest BCUT2D eigenvalue weighted by atomic mass is 35.5. The number of aromatic nitrogens is 1. The number of ether oxygens (including phenoxy) is 1. The Morgan fingerprint density at radius 3 is 2.39 bits per heavy atom. The highest BCUT2D eigenvalue weighted by molar-refractivity contribution is 6.37. The first-order valence-electron chi connectivity index (χ1n) is 9.72. The van der Waals surface area contributed by atoms with Gasteiger partial charge in [-0.1, -0.05) is 65.7 Å². The molecule has 9 heteroatoms. The number of pyridine rings is 1. The normalized spacial score (nSPS) is 11.8. The number of rotatable bonds is 6. The van der Waals surface area contributed by atoms with Crippen molar-refractivity contribution in [3.63, 3.8) is 0 Å². The van der Waals surface area contributed by atoms with E-state index < -0.39 is 11.7 Å². The predicted molar refractivity (Wildman–Crippen MR) is 125 cm³/mol. The molecule has 3 aromatic carbocycles. The minimum absolute atomic E-state index is 0.159. The molecule has 1 aromatic heterocycles. The molecule has 0 aliphatic heterocycles. The maximum Gasteiger partial charge on any atom is 0.417 e. The lowest BCUT2D eigenvalue weighted by Gasteiger charge is -2.12. The van der Waals surface area contributed by atoms with Crippen molar-refractivity contribution < 1.29 is 17.9 Å². The maximum absolute atomic E-state index is 12.6. The van der Waals surface area contributed by atoms with E-state index in [-0.39, 0.29) is 12.4 Å². The number of nitrogens with zero attached hydrogens (tertiary/aromatic N) is 2. The van der Waals surface area contributed by atoms with Crippen LogP contribution in [0.25, 0.3) is 10.8 Å². The molecule has 0 saturated carbocycles. The molecule has 0 atom stereocenters. The summed E-state index contributed by atoms with van der Waals surface area (Å²) in [5.74, 6) is 0.507. The smallest absolute Gasteiger partial charge is 0.417 e. The Hall–Kier alpha value is -3.29. The fourth-order valence-corrected chi connectivity index (χ4v) is 3.77. The monoisotopic (exact) mass is 489 g/mol. The zero-order valence-electron chi connectivity index (χ0n) is 16.9. The van der Waals surface area contributed by atoms with Crippen molar-refractivity contribution in [3.05, 3.63) is 99.7 Å². The summed E-state index contributed by atoms with van der Waals surface area (Å²) in [4.78, 5) is 3.68. The second-order valence-electron chi connectivity index (χ2n) is 7.04. The van der Waals surface area contributed by atoms with Gasteiger partial charge in [0.25, 0.3) is 0 Å². The first-order valence-corrected chi connectivity index (χ1v) is 10.5. The van der Waals surface area contributed by atoms with E-state index in [1.807, 2.05) is 42.5 Å². The second kappa shape index (κ2) is 9.68. The summed E-state index contributed by atoms with van der Waals surface area (Å²) in [5.41, 5.74) is 3.29. The molecule has 1 heterocycles. The summed E-state index contributed by atoms with van der Waals surface area (Å²) in [5, 5.41) is 6.76. The maximum atomic E-state index is 12.6. The molecule has 0 saturated heterocycles. The third-order valence-corrected chi connectivity index (χ3v) is 5.32. The molecule has 4 aromatic rings. The first kappa shape index (κ1) is 22.9. The van der Waals surface area contributed by atoms with Gasteiger partial charge in [-0.2, -0.15) is 18.3 Å². The molecule has 0 unspecified atom stereocenters. The molecule has 0 amide bonds. The zero-order valence-corrected chi connectivity index (χ0v) is 18.4. The summed E-state index contributed by atoms with van der Waals surface area (Å²) in [6, 6.07) is 19.3. The van der Waals surface area contributed by atoms with Crippen molar-refractivity contribution in [2.24, 2.45) is 5.10 Å². The molecule has 0 fully saturated rings. The molecule has 0 aliphatic carbocycles. The van der Waals surface area contributed by atoms with Crippen molar-refractivity contribution in [1.29, 1.82) is 0 Å². The number of benzene rings is 3. The summed E-state index contributed by atoms with van der Waals surface area (Å²) >= 11 is 12.7. The molecule has 1 N–H and O–H groups in total. The van der Waals surface area contributed by atoms with Gasteiger partial charge in [-0.3, -0.25) is 5.43 Å². The van der Waals surface area contributed by atoms with Crippen molar-refractivity contribution in [3.8, 4) is 5.75 Å². The largest absolute Gasteiger partial charge is 0.486 e. The van der Waals surface area contributed by atoms with Crippen molar-refractivity contribution in [2.75, 3.05) is 5.43 Å². The van der Waals surface area contributed by atoms with Gasteiger partial charge >= 0.3 is 6.18 Å². The van der Waals surface area contributed by atoms with E-state index in [0.717, 1.165) is 28.6 Å². The number of anilines is 1. The standard InChI is InChI=1S/C24H16Cl2F3N3O/c25-20-10-15(12-31-32-22-9-8-18(13-30-22)24(27,28)29)11-21(26)23(20)33-14-17-6-3-5-16-4-1-2-7-19(16)17/h1-13H,14H2,(H,30,32)/b31-12-. The van der Waals surface area contributed by atoms with Crippen LogP contribution in [0.2, 0.25) is 10.0 Å². The molecule has 4 rings (SSSR count). The Bertz CT molecular complexity index is 1280. The number of hydrogen-bond acceptors (Lipinski definition) is 4. The summed E-state index contributed by atoms with van der Waals surface area (Å²) in [6.45, 7) is 0.287. The van der Waals surface area contributed by atoms with Crippen LogP contribution < -0.4 is 10.2 Å². The molecule has 0 aliphatic rings. The van der Waals surface area contributed by atoms with E-state index in [1.54, 1.807) is 12.1 Å². The molecule has 0 bridgehead atoms. The van der Waals surface area contributed by atoms with Gasteiger partial charge in [-0.15, -0.1) is 0 Å². The van der Waals surface area contributed by atoms with E-state index in [2.05, 4.69) is 15.5 Å². The second-order valence-corrected chi connectivity index (χ2v) is 7.85. The Morgan fingerprint density at radius 1 is 0.970 bits per heavy atom. The lowest BCUT2D eigenvalue weighted by molar-refractivity contribution is -0.137. The van der Waals surface area contributed by atoms with Crippen molar-refractivity contribution in [1.82, 2.24) is 4.98 Å². The van der Waals surface area contributed by atoms with E-state index in [9.17, 15) is 13.2 Å². The van der Waals surface area contributed by atoms with Gasteiger partial charge in [0.05, 0.1) is 21.8 Å². The van der Waals surface area contributed by atoms with Crippen molar-refractivity contribution >= 4 is 46.0 Å². The van der Waals surface area contributed by atoms with Crippen LogP contribution in [0.3, 0.4) is 0 Å². The van der Waals surface area contributed by atoms with Crippen LogP contribution in [0.4, 0.5) is 19.0 Å². The fourth-order valence-electron chi connectivity index (χ4n) is 3.16. The highest BCUT2D eigenvalue weighted by Crippen LogP contribution is 2.35. The van der Waals surface area contributed by atoms with Crippen LogP contribution in [-0.2, 0) is 12.8 Å². The van der Waals surface area contributed by atoms with Gasteiger partial charge in [0.2, 0.25) is 0 Å². The Labute approximate surface area is 197 Å². The number of hydrogen-bond donors (Lipinski definition) is 1. The van der Waals surface area contributed by atoms with E-state index in [0.29, 0.717) is 21.4 Å². The Kier molecular flexibility index (Phi) is 6.72. The van der Waals surface area contributed by atoms with Gasteiger partial charge < -0.3 is 4.74 Å². The van der Waals surface area contributed by atoms with Crippen LogP contribution in [0.1, 0.15) is 16.7 Å². The Balaban J connectivity index is 1.43. The average Bonchev–Trinajstić information content (AvgIpc) is 2.78. The van der Waals surface area contributed by atoms with Gasteiger partial charge in [0.15, 0.2) is 5.75 Å². The Morgan fingerprint density at radius 2 is 1.70 bits per heavy atom. The SMILES string of the molecule is FC(F)(F)c1ccc(N/N=C\c2cc(Cl)c(OCc3cccc4ccccc34)c(Cl)c2)nc1. The summed E-state index contributed by atoms with van der Waals surface area (Å²) in [7, 11) is 0. The van der Waals surface area contributed by atoms with E-state index in [4.69, 9.17) is 27.9 Å². The minimum Gasteiger partial charge on any atom is -0.486 e. The summed E-state index contributed by atoms with van der Waals surface area (Å²) in [6.07, 6.45) is -2.29. The fraction of sp³-hybridized carbons (Fsp3) is 0.0833. The number of hydrazone groups is 1. The van der Waals surface area contributed by atoms with Crippen LogP contribution in [0.5, 0.6) is 5.75 Å². The molecule has 0 spiro atoms. The van der Waals surface area contributed by atoms with Crippen LogP contribution in [-0.4, -0.2) is 11.2 Å². The first-order chi connectivity index (χ1) is 15.8. The third-order valence-electron chi connectivity index (χ3n) is 4.76. The predicted octanol–water partition coefficient (Wildman–Crippen LogP) is 7.59. The van der Waals surface area contributed by atoms with Gasteiger partial charge in [0, 0.05) is 6.20 Å². The topological polar surface area (TPSA) is 46.5 Å². The van der Waals surface area contributed by atoms with Gasteiger partial charge in [-0.05, 0) is 46.2 Å². The highest BCUT2D eigenvalue weighted by Gasteiger charge is 2.30. The van der Waals surface area contributed by atoms with Gasteiger partial charge in [-0.25, -0.2) is 4.98 Å². The lowest BCUT2D eigenvalue weighted by atomic mass is 10.1. The third kappa shape index (κ3) is 5.56. The minimum atomic E-state index is -4.44. The molecular formula is C24H16Cl2F3N3O. The van der Waals surface area contributed by atoms with Crippen LogP contribution in [0.15, 0.2) is 78.0 Å². The van der Waals surface area contributed by atoms with E-state index >= 15 is 0 Å². The number of alkyl halides is 3. The molecule has 33 heavy (non-hydrogen) atoms.